The van der Waals surface area contributed by atoms with Crippen LogP contribution >= 0.6 is 0 Å². The first-order chi connectivity index (χ1) is 11.3. The molecule has 0 heterocycles. The second-order valence-electron chi connectivity index (χ2n) is 5.69. The number of hydrogen-bond donors (Lipinski definition) is 2. The number of amides is 1. The van der Waals surface area contributed by atoms with Crippen LogP contribution in [-0.4, -0.2) is 12.5 Å². The molecule has 0 spiro atoms. The van der Waals surface area contributed by atoms with Crippen molar-refractivity contribution in [1.29, 1.82) is 0 Å². The van der Waals surface area contributed by atoms with Gasteiger partial charge in [0.25, 0.3) is 0 Å². The monoisotopic (exact) mass is 336 g/mol. The Hall–Kier alpha value is -2.50. The fraction of sp³-hybridized carbons (Fsp3) is 0.278. The third kappa shape index (κ3) is 4.50. The van der Waals surface area contributed by atoms with Crippen molar-refractivity contribution in [1.82, 2.24) is 0 Å². The van der Waals surface area contributed by atoms with Gasteiger partial charge in [0.15, 0.2) is 0 Å². The zero-order chi connectivity index (χ0) is 17.7. The molecule has 0 atom stereocenters. The quantitative estimate of drug-likeness (QED) is 0.817. The molecule has 1 amide bonds. The number of carbonyl (C=O) groups excluding carboxylic acids is 1. The number of para-hydroxylation sites is 2. The third-order valence-electron chi connectivity index (χ3n) is 3.53. The number of hydrogen-bond acceptors (Lipinski definition) is 2. The van der Waals surface area contributed by atoms with Crippen molar-refractivity contribution in [3.05, 3.63) is 59.7 Å². The van der Waals surface area contributed by atoms with E-state index in [0.717, 1.165) is 17.3 Å². The van der Waals surface area contributed by atoms with Crippen LogP contribution in [0, 0.1) is 0 Å². The van der Waals surface area contributed by atoms with Crippen LogP contribution in [0.3, 0.4) is 0 Å². The van der Waals surface area contributed by atoms with Crippen LogP contribution in [0.15, 0.2) is 48.5 Å². The largest absolute Gasteiger partial charge is 0.418 e. The lowest BCUT2D eigenvalue weighted by Gasteiger charge is -2.16. The summed E-state index contributed by atoms with van der Waals surface area (Å²) >= 11 is 0. The molecular weight excluding hydrogens is 317 g/mol. The SMILES string of the molecule is CC(C)c1ccccc1NCC(=O)Nc1ccccc1C(F)(F)F. The second kappa shape index (κ2) is 7.38. The molecule has 2 N–H and O–H groups in total. The minimum Gasteiger partial charge on any atom is -0.376 e. The Morgan fingerprint density at radius 1 is 1.00 bits per heavy atom. The lowest BCUT2D eigenvalue weighted by atomic mass is 10.0. The van der Waals surface area contributed by atoms with Crippen molar-refractivity contribution in [2.45, 2.75) is 25.9 Å². The van der Waals surface area contributed by atoms with Crippen LogP contribution in [0.1, 0.15) is 30.9 Å². The number of alkyl halides is 3. The molecule has 0 aliphatic heterocycles. The molecule has 0 radical (unpaired) electrons. The van der Waals surface area contributed by atoms with Crippen LogP contribution in [0.4, 0.5) is 24.5 Å². The van der Waals surface area contributed by atoms with Crippen LogP contribution in [0.2, 0.25) is 0 Å². The highest BCUT2D eigenvalue weighted by Crippen LogP contribution is 2.34. The summed E-state index contributed by atoms with van der Waals surface area (Å²) in [4.78, 5) is 12.0. The van der Waals surface area contributed by atoms with Gasteiger partial charge in [-0.2, -0.15) is 13.2 Å². The molecule has 0 bridgehead atoms. The number of carbonyl (C=O) groups is 1. The van der Waals surface area contributed by atoms with Crippen molar-refractivity contribution in [2.75, 3.05) is 17.2 Å². The van der Waals surface area contributed by atoms with E-state index in [1.807, 2.05) is 38.1 Å². The van der Waals surface area contributed by atoms with Gasteiger partial charge in [-0.3, -0.25) is 4.79 Å². The van der Waals surface area contributed by atoms with Gasteiger partial charge in [-0.15, -0.1) is 0 Å². The Balaban J connectivity index is 2.06. The summed E-state index contributed by atoms with van der Waals surface area (Å²) in [6.45, 7) is 3.94. The number of nitrogens with one attached hydrogen (secondary N) is 2. The molecule has 0 saturated carbocycles. The van der Waals surface area contributed by atoms with Crippen molar-refractivity contribution < 1.29 is 18.0 Å². The molecule has 2 rings (SSSR count). The highest BCUT2D eigenvalue weighted by atomic mass is 19.4. The maximum absolute atomic E-state index is 12.9. The molecule has 128 valence electrons. The molecule has 0 aromatic heterocycles. The summed E-state index contributed by atoms with van der Waals surface area (Å²) in [6.07, 6.45) is -4.51. The highest BCUT2D eigenvalue weighted by molar-refractivity contribution is 5.94. The Morgan fingerprint density at radius 2 is 1.58 bits per heavy atom. The normalized spacial score (nSPS) is 11.4. The molecule has 3 nitrogen and oxygen atoms in total. The molecule has 0 aliphatic carbocycles. The topological polar surface area (TPSA) is 41.1 Å². The lowest BCUT2D eigenvalue weighted by molar-refractivity contribution is -0.137. The first kappa shape index (κ1) is 17.8. The van der Waals surface area contributed by atoms with Crippen LogP contribution < -0.4 is 10.6 Å². The molecule has 0 aliphatic rings. The summed E-state index contributed by atoms with van der Waals surface area (Å²) in [7, 11) is 0. The first-order valence-corrected chi connectivity index (χ1v) is 7.58. The summed E-state index contributed by atoms with van der Waals surface area (Å²) in [5.74, 6) is -0.270. The maximum Gasteiger partial charge on any atom is 0.418 e. The number of rotatable bonds is 5. The highest BCUT2D eigenvalue weighted by Gasteiger charge is 2.33. The molecule has 0 saturated heterocycles. The zero-order valence-electron chi connectivity index (χ0n) is 13.4. The van der Waals surface area contributed by atoms with Gasteiger partial charge in [-0.05, 0) is 29.7 Å². The van der Waals surface area contributed by atoms with E-state index in [2.05, 4.69) is 10.6 Å². The van der Waals surface area contributed by atoms with Gasteiger partial charge in [0.1, 0.15) is 0 Å². The van der Waals surface area contributed by atoms with E-state index in [4.69, 9.17) is 0 Å². The molecule has 0 unspecified atom stereocenters. The third-order valence-corrected chi connectivity index (χ3v) is 3.53. The molecule has 2 aromatic carbocycles. The second-order valence-corrected chi connectivity index (χ2v) is 5.69. The van der Waals surface area contributed by atoms with Gasteiger partial charge in [-0.25, -0.2) is 0 Å². The molecule has 6 heteroatoms. The predicted octanol–water partition coefficient (Wildman–Crippen LogP) is 4.88. The first-order valence-electron chi connectivity index (χ1n) is 7.58. The van der Waals surface area contributed by atoms with Crippen LogP contribution in [0.25, 0.3) is 0 Å². The van der Waals surface area contributed by atoms with Crippen molar-refractivity contribution in [3.63, 3.8) is 0 Å². The molecule has 24 heavy (non-hydrogen) atoms. The summed E-state index contributed by atoms with van der Waals surface area (Å²) in [5.41, 5.74) is 0.739. The van der Waals surface area contributed by atoms with E-state index in [0.29, 0.717) is 0 Å². The number of halogens is 3. The predicted molar refractivity (Wildman–Crippen MR) is 89.1 cm³/mol. The Morgan fingerprint density at radius 3 is 2.21 bits per heavy atom. The molecule has 2 aromatic rings. The minimum absolute atomic E-state index is 0.115. The molecule has 0 fully saturated rings. The Kier molecular flexibility index (Phi) is 5.49. The average Bonchev–Trinajstić information content (AvgIpc) is 2.52. The van der Waals surface area contributed by atoms with Gasteiger partial charge in [0, 0.05) is 5.69 Å². The summed E-state index contributed by atoms with van der Waals surface area (Å²) < 4.78 is 38.8. The van der Waals surface area contributed by atoms with E-state index >= 15 is 0 Å². The standard InChI is InChI=1S/C18H19F3N2O/c1-12(2)13-7-3-5-9-15(13)22-11-17(24)23-16-10-6-4-8-14(16)18(19,20)21/h3-10,12,22H,11H2,1-2H3,(H,23,24). The van der Waals surface area contributed by atoms with E-state index in [1.165, 1.54) is 18.2 Å². The van der Waals surface area contributed by atoms with Gasteiger partial charge in [0.2, 0.25) is 5.91 Å². The van der Waals surface area contributed by atoms with E-state index in [-0.39, 0.29) is 18.2 Å². The van der Waals surface area contributed by atoms with Crippen molar-refractivity contribution in [2.24, 2.45) is 0 Å². The molecular formula is C18H19F3N2O. The smallest absolute Gasteiger partial charge is 0.376 e. The number of benzene rings is 2. The maximum atomic E-state index is 12.9. The van der Waals surface area contributed by atoms with E-state index in [1.54, 1.807) is 0 Å². The summed E-state index contributed by atoms with van der Waals surface area (Å²) in [6, 6.07) is 12.4. The van der Waals surface area contributed by atoms with Gasteiger partial charge in [-0.1, -0.05) is 44.2 Å². The van der Waals surface area contributed by atoms with Gasteiger partial charge >= 0.3 is 6.18 Å². The van der Waals surface area contributed by atoms with Crippen LogP contribution in [-0.2, 0) is 11.0 Å². The van der Waals surface area contributed by atoms with E-state index < -0.39 is 17.6 Å². The fourth-order valence-electron chi connectivity index (χ4n) is 2.37. The van der Waals surface area contributed by atoms with Gasteiger partial charge < -0.3 is 10.6 Å². The Bertz CT molecular complexity index is 711. The minimum atomic E-state index is -4.51. The summed E-state index contributed by atoms with van der Waals surface area (Å²) in [5, 5.41) is 5.29. The zero-order valence-corrected chi connectivity index (χ0v) is 13.4. The Labute approximate surface area is 138 Å². The van der Waals surface area contributed by atoms with E-state index in [9.17, 15) is 18.0 Å². The van der Waals surface area contributed by atoms with Crippen molar-refractivity contribution in [3.8, 4) is 0 Å². The fourth-order valence-corrected chi connectivity index (χ4v) is 2.37. The average molecular weight is 336 g/mol. The number of anilines is 2. The van der Waals surface area contributed by atoms with Gasteiger partial charge in [0.05, 0.1) is 17.8 Å². The van der Waals surface area contributed by atoms with Crippen LogP contribution in [0.5, 0.6) is 0 Å². The lowest BCUT2D eigenvalue weighted by Crippen LogP contribution is -2.24. The van der Waals surface area contributed by atoms with Crippen molar-refractivity contribution >= 4 is 17.3 Å².